The normalized spacial score (nSPS) is 11.6. The monoisotopic (exact) mass is 329 g/mol. The first kappa shape index (κ1) is 15.7. The van der Waals surface area contributed by atoms with E-state index in [1.54, 1.807) is 24.1 Å². The molecule has 0 saturated carbocycles. The number of halogens is 1. The fourth-order valence-electron chi connectivity index (χ4n) is 1.69. The Hall–Kier alpha value is -1.64. The van der Waals surface area contributed by atoms with E-state index in [0.29, 0.717) is 12.4 Å². The summed E-state index contributed by atoms with van der Waals surface area (Å²) >= 11 is 6.00. The van der Waals surface area contributed by atoms with Crippen molar-refractivity contribution in [3.05, 3.63) is 35.2 Å². The third-order valence-corrected chi connectivity index (χ3v) is 4.35. The van der Waals surface area contributed by atoms with E-state index in [1.165, 1.54) is 12.3 Å². The molecule has 21 heavy (non-hydrogen) atoms. The minimum absolute atomic E-state index is 0.0260. The number of hydrogen-bond acceptors (Lipinski definition) is 5. The van der Waals surface area contributed by atoms with Crippen LogP contribution in [0.3, 0.4) is 0 Å². The molecule has 0 aliphatic carbocycles. The maximum atomic E-state index is 12.2. The molecule has 0 aliphatic rings. The molecule has 2 aromatic rings. The van der Waals surface area contributed by atoms with Gasteiger partial charge in [0.05, 0.1) is 11.2 Å². The predicted molar refractivity (Wildman–Crippen MR) is 80.6 cm³/mol. The maximum absolute atomic E-state index is 12.2. The lowest BCUT2D eigenvalue weighted by molar-refractivity contribution is 0.581. The number of aromatic nitrogens is 3. The van der Waals surface area contributed by atoms with Crippen LogP contribution in [-0.2, 0) is 23.6 Å². The van der Waals surface area contributed by atoms with Crippen molar-refractivity contribution in [1.82, 2.24) is 19.5 Å². The Morgan fingerprint density at radius 1 is 1.38 bits per heavy atom. The van der Waals surface area contributed by atoms with Gasteiger partial charge in [0.15, 0.2) is 0 Å². The van der Waals surface area contributed by atoms with E-state index in [1.807, 2.05) is 6.92 Å². The van der Waals surface area contributed by atoms with Crippen molar-refractivity contribution >= 4 is 27.4 Å². The van der Waals surface area contributed by atoms with Gasteiger partial charge in [0.25, 0.3) is 0 Å². The lowest BCUT2D eigenvalue weighted by Gasteiger charge is -2.08. The van der Waals surface area contributed by atoms with Crippen LogP contribution in [-0.4, -0.2) is 29.7 Å². The summed E-state index contributed by atoms with van der Waals surface area (Å²) in [5, 5.41) is 7.19. The highest BCUT2D eigenvalue weighted by Gasteiger charge is 2.16. The van der Waals surface area contributed by atoms with Crippen LogP contribution in [0.2, 0.25) is 5.02 Å². The number of pyridine rings is 1. The molecule has 0 aromatic carbocycles. The van der Waals surface area contributed by atoms with Crippen molar-refractivity contribution in [2.75, 3.05) is 11.9 Å². The van der Waals surface area contributed by atoms with E-state index in [-0.39, 0.29) is 16.5 Å². The molecular weight excluding hydrogens is 314 g/mol. The Kier molecular flexibility index (Phi) is 4.81. The zero-order chi connectivity index (χ0) is 15.5. The van der Waals surface area contributed by atoms with Crippen molar-refractivity contribution < 1.29 is 8.42 Å². The van der Waals surface area contributed by atoms with Gasteiger partial charge in [0.2, 0.25) is 10.0 Å². The van der Waals surface area contributed by atoms with Gasteiger partial charge in [-0.15, -0.1) is 0 Å². The zero-order valence-electron chi connectivity index (χ0n) is 11.7. The molecule has 2 N–H and O–H groups in total. The van der Waals surface area contributed by atoms with Crippen molar-refractivity contribution in [3.8, 4) is 0 Å². The molecule has 2 rings (SSSR count). The zero-order valence-corrected chi connectivity index (χ0v) is 13.2. The molecule has 0 bridgehead atoms. The van der Waals surface area contributed by atoms with E-state index < -0.39 is 10.0 Å². The Morgan fingerprint density at radius 2 is 2.14 bits per heavy atom. The van der Waals surface area contributed by atoms with Crippen LogP contribution < -0.4 is 10.0 Å². The molecule has 0 spiro atoms. The summed E-state index contributed by atoms with van der Waals surface area (Å²) in [5.41, 5.74) is 0.768. The van der Waals surface area contributed by atoms with E-state index >= 15 is 0 Å². The number of rotatable bonds is 6. The van der Waals surface area contributed by atoms with E-state index in [4.69, 9.17) is 11.6 Å². The molecule has 0 fully saturated rings. The Morgan fingerprint density at radius 3 is 2.71 bits per heavy atom. The van der Waals surface area contributed by atoms with Crippen LogP contribution in [0.5, 0.6) is 0 Å². The van der Waals surface area contributed by atoms with E-state index in [9.17, 15) is 8.42 Å². The summed E-state index contributed by atoms with van der Waals surface area (Å²) in [6.45, 7) is 2.71. The molecule has 9 heteroatoms. The third kappa shape index (κ3) is 3.93. The van der Waals surface area contributed by atoms with Crippen LogP contribution in [0.4, 0.5) is 5.82 Å². The van der Waals surface area contributed by atoms with Crippen LogP contribution >= 0.6 is 11.6 Å². The first-order chi connectivity index (χ1) is 9.92. The molecule has 0 atom stereocenters. The van der Waals surface area contributed by atoms with Gasteiger partial charge in [0, 0.05) is 38.1 Å². The van der Waals surface area contributed by atoms with Gasteiger partial charge in [-0.25, -0.2) is 18.1 Å². The Labute approximate surface area is 128 Å². The van der Waals surface area contributed by atoms with Gasteiger partial charge in [-0.05, 0) is 13.0 Å². The lowest BCUT2D eigenvalue weighted by atomic mass is 10.4. The molecule has 0 unspecified atom stereocenters. The minimum Gasteiger partial charge on any atom is -0.369 e. The molecular formula is C12H16ClN5O2S. The van der Waals surface area contributed by atoms with Crippen LogP contribution in [0.1, 0.15) is 12.5 Å². The van der Waals surface area contributed by atoms with E-state index in [2.05, 4.69) is 20.1 Å². The molecule has 7 nitrogen and oxygen atoms in total. The quantitative estimate of drug-likeness (QED) is 0.835. The number of anilines is 1. The summed E-state index contributed by atoms with van der Waals surface area (Å²) in [4.78, 5) is 4.04. The van der Waals surface area contributed by atoms with Gasteiger partial charge >= 0.3 is 0 Å². The summed E-state index contributed by atoms with van der Waals surface area (Å²) in [5.74, 6) is 0.463. The topological polar surface area (TPSA) is 88.9 Å². The van der Waals surface area contributed by atoms with Gasteiger partial charge < -0.3 is 5.32 Å². The van der Waals surface area contributed by atoms with Crippen molar-refractivity contribution in [2.45, 2.75) is 18.4 Å². The maximum Gasteiger partial charge on any atom is 0.242 e. The van der Waals surface area contributed by atoms with Gasteiger partial charge in [-0.3, -0.25) is 4.68 Å². The molecule has 114 valence electrons. The second-order valence-corrected chi connectivity index (χ2v) is 6.55. The van der Waals surface area contributed by atoms with Crippen molar-refractivity contribution in [2.24, 2.45) is 7.05 Å². The Balaban J connectivity index is 2.13. The lowest BCUT2D eigenvalue weighted by Crippen LogP contribution is -2.23. The second kappa shape index (κ2) is 6.42. The number of sulfonamides is 1. The standard InChI is InChI=1S/C12H16ClN5O2S/c1-3-14-12-11(13)4-10(7-15-12)21(19,20)17-6-9-5-16-18(2)8-9/h4-5,7-8,17H,3,6H2,1-2H3,(H,14,15). The largest absolute Gasteiger partial charge is 0.369 e. The van der Waals surface area contributed by atoms with Crippen molar-refractivity contribution in [1.29, 1.82) is 0 Å². The molecule has 2 aromatic heterocycles. The summed E-state index contributed by atoms with van der Waals surface area (Å²) in [6, 6.07) is 1.37. The smallest absolute Gasteiger partial charge is 0.242 e. The number of nitrogens with one attached hydrogen (secondary N) is 2. The third-order valence-electron chi connectivity index (χ3n) is 2.70. The SMILES string of the molecule is CCNc1ncc(S(=O)(=O)NCc2cnn(C)c2)cc1Cl. The number of aryl methyl sites for hydroxylation is 1. The highest BCUT2D eigenvalue weighted by atomic mass is 35.5. The van der Waals surface area contributed by atoms with Crippen LogP contribution in [0, 0.1) is 0 Å². The fourth-order valence-corrected chi connectivity index (χ4v) is 2.98. The molecule has 0 saturated heterocycles. The predicted octanol–water partition coefficient (Wildman–Crippen LogP) is 1.38. The number of hydrogen-bond donors (Lipinski definition) is 2. The molecule has 0 radical (unpaired) electrons. The summed E-state index contributed by atoms with van der Waals surface area (Å²) in [6.07, 6.45) is 4.61. The average molecular weight is 330 g/mol. The first-order valence-electron chi connectivity index (χ1n) is 6.29. The van der Waals surface area contributed by atoms with Crippen LogP contribution in [0.15, 0.2) is 29.6 Å². The van der Waals surface area contributed by atoms with Gasteiger partial charge in [0.1, 0.15) is 10.7 Å². The number of nitrogens with zero attached hydrogens (tertiary/aromatic N) is 3. The molecule has 0 amide bonds. The highest BCUT2D eigenvalue weighted by Crippen LogP contribution is 2.22. The molecule has 2 heterocycles. The second-order valence-electron chi connectivity index (χ2n) is 4.38. The Bertz CT molecular complexity index is 729. The summed E-state index contributed by atoms with van der Waals surface area (Å²) < 4.78 is 28.4. The minimum atomic E-state index is -3.67. The fraction of sp³-hybridized carbons (Fsp3) is 0.333. The first-order valence-corrected chi connectivity index (χ1v) is 8.15. The van der Waals surface area contributed by atoms with Crippen molar-refractivity contribution in [3.63, 3.8) is 0 Å². The van der Waals surface area contributed by atoms with E-state index in [0.717, 1.165) is 5.56 Å². The summed E-state index contributed by atoms with van der Waals surface area (Å²) in [7, 11) is -1.90. The average Bonchev–Trinajstić information content (AvgIpc) is 2.85. The molecule has 0 aliphatic heterocycles. The van der Waals surface area contributed by atoms with Crippen LogP contribution in [0.25, 0.3) is 0 Å². The van der Waals surface area contributed by atoms with Gasteiger partial charge in [-0.2, -0.15) is 5.10 Å². The van der Waals surface area contributed by atoms with Gasteiger partial charge in [-0.1, -0.05) is 11.6 Å². The highest BCUT2D eigenvalue weighted by molar-refractivity contribution is 7.89.